The van der Waals surface area contributed by atoms with Gasteiger partial charge in [0.15, 0.2) is 18.0 Å². The summed E-state index contributed by atoms with van der Waals surface area (Å²) in [7, 11) is 0. The SMILES string of the molecule is C[C@H]1[C@@H](C[C@@H](O)C(F)(F)F)O[C@@H]2O[C@@]3(C)CC[C@H]4[C@H](C)CC[C@@H]1[C@@]24OO3. The number of aliphatic hydroxyl groups is 1. The van der Waals surface area contributed by atoms with Gasteiger partial charge in [0, 0.05) is 18.8 Å². The van der Waals surface area contributed by atoms with Crippen molar-refractivity contribution in [1.82, 2.24) is 0 Å². The molecule has 4 aliphatic heterocycles. The quantitative estimate of drug-likeness (QED) is 0.743. The highest BCUT2D eigenvalue weighted by atomic mass is 19.4. The number of aliphatic hydroxyl groups excluding tert-OH is 1. The molecule has 26 heavy (non-hydrogen) atoms. The van der Waals surface area contributed by atoms with Gasteiger partial charge in [-0.3, -0.25) is 0 Å². The third-order valence-corrected chi connectivity index (χ3v) is 7.13. The molecule has 5 nitrogen and oxygen atoms in total. The molecule has 8 heteroatoms. The highest BCUT2D eigenvalue weighted by molar-refractivity contribution is 5.10. The summed E-state index contributed by atoms with van der Waals surface area (Å²) in [5.74, 6) is -0.616. The maximum atomic E-state index is 12.9. The second-order valence-corrected chi connectivity index (χ2v) is 8.74. The zero-order valence-electron chi connectivity index (χ0n) is 15.3. The molecule has 5 aliphatic rings. The van der Waals surface area contributed by atoms with Crippen LogP contribution in [-0.4, -0.2) is 41.2 Å². The second-order valence-electron chi connectivity index (χ2n) is 8.74. The smallest absolute Gasteiger partial charge is 0.384 e. The van der Waals surface area contributed by atoms with E-state index in [4.69, 9.17) is 19.2 Å². The fourth-order valence-electron chi connectivity index (χ4n) is 5.60. The first-order chi connectivity index (χ1) is 12.1. The average molecular weight is 380 g/mol. The van der Waals surface area contributed by atoms with E-state index in [1.54, 1.807) is 6.92 Å². The minimum Gasteiger partial charge on any atom is -0.384 e. The highest BCUT2D eigenvalue weighted by Gasteiger charge is 2.69. The Morgan fingerprint density at radius 1 is 1.12 bits per heavy atom. The van der Waals surface area contributed by atoms with Crippen LogP contribution in [0.1, 0.15) is 52.9 Å². The summed E-state index contributed by atoms with van der Waals surface area (Å²) in [6.45, 7) is 5.84. The first-order valence-corrected chi connectivity index (χ1v) is 9.52. The third kappa shape index (κ3) is 2.71. The van der Waals surface area contributed by atoms with E-state index in [0.29, 0.717) is 12.3 Å². The zero-order chi connectivity index (χ0) is 18.9. The molecule has 5 rings (SSSR count). The van der Waals surface area contributed by atoms with Crippen LogP contribution in [0.3, 0.4) is 0 Å². The molecule has 0 radical (unpaired) electrons. The number of fused-ring (bicyclic) bond motifs is 2. The van der Waals surface area contributed by atoms with E-state index in [-0.39, 0.29) is 17.8 Å². The van der Waals surface area contributed by atoms with Crippen molar-refractivity contribution in [2.45, 2.75) is 88.9 Å². The van der Waals surface area contributed by atoms with Crippen LogP contribution in [0.5, 0.6) is 0 Å². The van der Waals surface area contributed by atoms with Crippen molar-refractivity contribution in [2.75, 3.05) is 0 Å². The van der Waals surface area contributed by atoms with Gasteiger partial charge in [-0.15, -0.1) is 0 Å². The van der Waals surface area contributed by atoms with Crippen molar-refractivity contribution in [3.05, 3.63) is 0 Å². The lowest BCUT2D eigenvalue weighted by Crippen LogP contribution is -2.70. The molecule has 0 unspecified atom stereocenters. The van der Waals surface area contributed by atoms with Crippen LogP contribution in [0, 0.1) is 23.7 Å². The third-order valence-electron chi connectivity index (χ3n) is 7.13. The Balaban J connectivity index is 1.66. The molecule has 0 amide bonds. The summed E-state index contributed by atoms with van der Waals surface area (Å²) in [6, 6.07) is 0. The molecule has 9 atom stereocenters. The van der Waals surface area contributed by atoms with Gasteiger partial charge >= 0.3 is 6.18 Å². The van der Waals surface area contributed by atoms with Gasteiger partial charge in [0.05, 0.1) is 6.10 Å². The van der Waals surface area contributed by atoms with Crippen molar-refractivity contribution in [3.8, 4) is 0 Å². The van der Waals surface area contributed by atoms with Crippen LogP contribution in [0.2, 0.25) is 0 Å². The summed E-state index contributed by atoms with van der Waals surface area (Å²) >= 11 is 0. The average Bonchev–Trinajstić information content (AvgIpc) is 2.77. The number of rotatable bonds is 2. The zero-order valence-corrected chi connectivity index (χ0v) is 15.3. The summed E-state index contributed by atoms with van der Waals surface area (Å²) in [6.07, 6.45) is -5.74. The molecule has 2 bridgehead atoms. The Labute approximate surface area is 151 Å². The molecule has 0 aromatic heterocycles. The summed E-state index contributed by atoms with van der Waals surface area (Å²) in [5, 5.41) is 9.55. The van der Waals surface area contributed by atoms with E-state index in [1.807, 2.05) is 6.92 Å². The van der Waals surface area contributed by atoms with Crippen LogP contribution in [0.4, 0.5) is 13.2 Å². The summed E-state index contributed by atoms with van der Waals surface area (Å²) < 4.78 is 50.7. The Kier molecular flexibility index (Phi) is 4.40. The van der Waals surface area contributed by atoms with Gasteiger partial charge in [0.2, 0.25) is 5.79 Å². The molecule has 4 heterocycles. The van der Waals surface area contributed by atoms with Crippen LogP contribution < -0.4 is 0 Å². The van der Waals surface area contributed by atoms with Crippen molar-refractivity contribution in [2.24, 2.45) is 23.7 Å². The van der Waals surface area contributed by atoms with Crippen molar-refractivity contribution in [1.29, 1.82) is 0 Å². The number of ether oxygens (including phenoxy) is 2. The van der Waals surface area contributed by atoms with E-state index in [0.717, 1.165) is 19.3 Å². The minimum absolute atomic E-state index is 0.0319. The molecular weight excluding hydrogens is 353 g/mol. The van der Waals surface area contributed by atoms with Crippen molar-refractivity contribution >= 4 is 0 Å². The van der Waals surface area contributed by atoms with Crippen LogP contribution in [0.25, 0.3) is 0 Å². The van der Waals surface area contributed by atoms with Gasteiger partial charge in [-0.25, -0.2) is 9.78 Å². The van der Waals surface area contributed by atoms with Gasteiger partial charge in [-0.1, -0.05) is 13.8 Å². The van der Waals surface area contributed by atoms with E-state index in [2.05, 4.69) is 6.92 Å². The van der Waals surface area contributed by atoms with E-state index >= 15 is 0 Å². The lowest BCUT2D eigenvalue weighted by molar-refractivity contribution is -0.571. The summed E-state index contributed by atoms with van der Waals surface area (Å²) in [5.41, 5.74) is -0.785. The molecule has 0 aromatic carbocycles. The maximum Gasteiger partial charge on any atom is 0.414 e. The maximum absolute atomic E-state index is 12.9. The fourth-order valence-corrected chi connectivity index (χ4v) is 5.60. The van der Waals surface area contributed by atoms with E-state index in [9.17, 15) is 18.3 Å². The number of halogens is 3. The van der Waals surface area contributed by atoms with Gasteiger partial charge in [0.1, 0.15) is 0 Å². The first-order valence-electron chi connectivity index (χ1n) is 9.52. The standard InChI is InChI=1S/C18H27F3O5/c1-9-4-5-12-10(2)13(8-14(22)18(19,20)21)23-15-17(12)11(9)6-7-16(3,24-15)25-26-17/h9-15,22H,4-8H2,1-3H3/t9-,10-,11+,12+,13-,14-,15-,16-,17-/m1/s1. The largest absolute Gasteiger partial charge is 0.414 e. The van der Waals surface area contributed by atoms with Crippen LogP contribution >= 0.6 is 0 Å². The fraction of sp³-hybridized carbons (Fsp3) is 1.00. The lowest BCUT2D eigenvalue weighted by atomic mass is 9.57. The van der Waals surface area contributed by atoms with Crippen LogP contribution in [-0.2, 0) is 19.2 Å². The van der Waals surface area contributed by atoms with E-state index < -0.39 is 42.5 Å². The van der Waals surface area contributed by atoms with Gasteiger partial charge in [-0.2, -0.15) is 13.2 Å². The molecule has 1 N–H and O–H groups in total. The van der Waals surface area contributed by atoms with Gasteiger partial charge < -0.3 is 14.6 Å². The summed E-state index contributed by atoms with van der Waals surface area (Å²) in [4.78, 5) is 11.6. The molecule has 1 saturated carbocycles. The Bertz CT molecular complexity index is 557. The highest BCUT2D eigenvalue weighted by Crippen LogP contribution is 2.60. The molecular formula is C18H27F3O5. The molecule has 4 saturated heterocycles. The lowest BCUT2D eigenvalue weighted by Gasteiger charge is -2.60. The van der Waals surface area contributed by atoms with Gasteiger partial charge in [0.25, 0.3) is 0 Å². The van der Waals surface area contributed by atoms with Crippen LogP contribution in [0.15, 0.2) is 0 Å². The second kappa shape index (κ2) is 6.04. The van der Waals surface area contributed by atoms with Crippen molar-refractivity contribution in [3.63, 3.8) is 0 Å². The Morgan fingerprint density at radius 3 is 2.54 bits per heavy atom. The molecule has 1 aliphatic carbocycles. The predicted molar refractivity (Wildman–Crippen MR) is 83.5 cm³/mol. The molecule has 1 spiro atoms. The Morgan fingerprint density at radius 2 is 1.85 bits per heavy atom. The van der Waals surface area contributed by atoms with Gasteiger partial charge in [-0.05, 0) is 43.9 Å². The number of hydrogen-bond donors (Lipinski definition) is 1. The number of hydrogen-bond acceptors (Lipinski definition) is 5. The molecule has 0 aromatic rings. The number of alkyl halides is 3. The minimum atomic E-state index is -4.66. The monoisotopic (exact) mass is 380 g/mol. The van der Waals surface area contributed by atoms with E-state index in [1.165, 1.54) is 0 Å². The molecule has 5 fully saturated rings. The first kappa shape index (κ1) is 18.9. The van der Waals surface area contributed by atoms with Crippen molar-refractivity contribution < 1.29 is 37.5 Å². The predicted octanol–water partition coefficient (Wildman–Crippen LogP) is 3.55. The molecule has 150 valence electrons. The Hall–Kier alpha value is -0.410. The topological polar surface area (TPSA) is 57.2 Å². The normalized spacial score (nSPS) is 52.3.